The third-order valence-corrected chi connectivity index (χ3v) is 6.48. The Morgan fingerprint density at radius 2 is 1.87 bits per heavy atom. The molecule has 2 aromatic rings. The number of aromatic nitrogens is 1. The van der Waals surface area contributed by atoms with Gasteiger partial charge in [0, 0.05) is 45.9 Å². The minimum atomic E-state index is 0.229. The van der Waals surface area contributed by atoms with Gasteiger partial charge in [0.15, 0.2) is 6.34 Å². The van der Waals surface area contributed by atoms with Gasteiger partial charge in [0.1, 0.15) is 12.2 Å². The number of benzene rings is 1. The van der Waals surface area contributed by atoms with Crippen LogP contribution in [0.15, 0.2) is 63.3 Å². The molecule has 0 saturated carbocycles. The van der Waals surface area contributed by atoms with E-state index in [1.807, 2.05) is 30.6 Å². The maximum Gasteiger partial charge on any atom is 0.260 e. The van der Waals surface area contributed by atoms with Crippen molar-refractivity contribution in [1.82, 2.24) is 10.3 Å². The van der Waals surface area contributed by atoms with Gasteiger partial charge in [-0.2, -0.15) is 0 Å². The first-order chi connectivity index (χ1) is 14.3. The van der Waals surface area contributed by atoms with E-state index in [0.29, 0.717) is 33.0 Å². The van der Waals surface area contributed by atoms with E-state index in [0.717, 1.165) is 21.2 Å². The Labute approximate surface area is 196 Å². The number of ether oxygens (including phenoxy) is 1. The summed E-state index contributed by atoms with van der Waals surface area (Å²) in [7, 11) is 1.74. The lowest BCUT2D eigenvalue weighted by atomic mass is 10.1. The molecule has 158 valence electrons. The SMILES string of the molecule is CNC(=S)OC[N+]1(Cc2ccncc2)C=NC(C(C)C)=C1Sc1cc(Cl)cc(Cl)c1. The number of pyridine rings is 1. The number of rotatable bonds is 7. The van der Waals surface area contributed by atoms with Gasteiger partial charge in [-0.1, -0.05) is 37.0 Å². The van der Waals surface area contributed by atoms with E-state index in [2.05, 4.69) is 24.1 Å². The van der Waals surface area contributed by atoms with E-state index in [-0.39, 0.29) is 5.92 Å². The van der Waals surface area contributed by atoms with E-state index in [1.165, 1.54) is 0 Å². The van der Waals surface area contributed by atoms with Crippen molar-refractivity contribution >= 4 is 58.7 Å². The molecule has 0 spiro atoms. The molecule has 1 N–H and O–H groups in total. The fraction of sp³-hybridized carbons (Fsp3) is 0.286. The van der Waals surface area contributed by atoms with Crippen LogP contribution < -0.4 is 5.32 Å². The Hall–Kier alpha value is -1.64. The summed E-state index contributed by atoms with van der Waals surface area (Å²) < 4.78 is 6.25. The Morgan fingerprint density at radius 3 is 2.47 bits per heavy atom. The standard InChI is InChI=1S/C21H22Cl2N4OS2/c1-14(2)19-20(30-18-9-16(22)8-17(23)10-18)27(12-26-19,13-28-21(29)24-3)11-15-4-6-25-7-5-15/h4-10,12,14H,11,13H2,1-3H3/p+1. The minimum Gasteiger partial charge on any atom is -0.419 e. The van der Waals surface area contributed by atoms with Gasteiger partial charge >= 0.3 is 0 Å². The van der Waals surface area contributed by atoms with Gasteiger partial charge in [-0.25, -0.2) is 9.48 Å². The van der Waals surface area contributed by atoms with Gasteiger partial charge in [-0.15, -0.1) is 0 Å². The van der Waals surface area contributed by atoms with Gasteiger partial charge in [0.25, 0.3) is 5.17 Å². The van der Waals surface area contributed by atoms with Crippen molar-refractivity contribution < 1.29 is 9.22 Å². The molecule has 0 saturated heterocycles. The topological polar surface area (TPSA) is 46.5 Å². The van der Waals surface area contributed by atoms with Crippen LogP contribution in [0, 0.1) is 5.92 Å². The van der Waals surface area contributed by atoms with Crippen LogP contribution in [0.4, 0.5) is 0 Å². The van der Waals surface area contributed by atoms with E-state index in [4.69, 9.17) is 45.1 Å². The third kappa shape index (κ3) is 5.53. The molecule has 3 rings (SSSR count). The molecule has 1 atom stereocenters. The van der Waals surface area contributed by atoms with E-state index in [1.54, 1.807) is 37.3 Å². The number of thioether (sulfide) groups is 1. The molecule has 0 aliphatic carbocycles. The van der Waals surface area contributed by atoms with Gasteiger partial charge < -0.3 is 10.1 Å². The molecular formula is C21H23Cl2N4OS2+. The number of nitrogens with one attached hydrogen (secondary N) is 1. The molecule has 9 heteroatoms. The number of aliphatic imine (C=N–C) groups is 1. The quantitative estimate of drug-likeness (QED) is 0.397. The fourth-order valence-electron chi connectivity index (χ4n) is 3.06. The predicted molar refractivity (Wildman–Crippen MR) is 128 cm³/mol. The second-order valence-electron chi connectivity index (χ2n) is 7.16. The number of quaternary nitrogens is 1. The molecule has 1 aromatic heterocycles. The zero-order chi connectivity index (χ0) is 21.7. The lowest BCUT2D eigenvalue weighted by molar-refractivity contribution is -0.819. The number of allylic oxidation sites excluding steroid dienone is 1. The molecular weight excluding hydrogens is 459 g/mol. The highest BCUT2D eigenvalue weighted by atomic mass is 35.5. The average Bonchev–Trinajstić information content (AvgIpc) is 3.04. The number of nitrogens with zero attached hydrogens (tertiary/aromatic N) is 3. The Bertz CT molecular complexity index is 962. The van der Waals surface area contributed by atoms with Crippen LogP contribution >= 0.6 is 47.2 Å². The Balaban J connectivity index is 2.04. The number of thiocarbonyl (C=S) groups is 1. The summed E-state index contributed by atoms with van der Waals surface area (Å²) in [5, 5.41) is 5.45. The van der Waals surface area contributed by atoms with Crippen LogP contribution in [-0.2, 0) is 11.3 Å². The van der Waals surface area contributed by atoms with Crippen LogP contribution in [0.25, 0.3) is 0 Å². The predicted octanol–water partition coefficient (Wildman–Crippen LogP) is 5.84. The maximum atomic E-state index is 6.25. The molecule has 1 aromatic carbocycles. The highest BCUT2D eigenvalue weighted by Gasteiger charge is 2.41. The average molecular weight is 482 g/mol. The van der Waals surface area contributed by atoms with E-state index < -0.39 is 0 Å². The Morgan fingerprint density at radius 1 is 1.20 bits per heavy atom. The largest absolute Gasteiger partial charge is 0.419 e. The summed E-state index contributed by atoms with van der Waals surface area (Å²) in [6.45, 7) is 5.21. The zero-order valence-corrected chi connectivity index (χ0v) is 20.1. The molecule has 2 heterocycles. The first-order valence-corrected chi connectivity index (χ1v) is 11.3. The van der Waals surface area contributed by atoms with Crippen molar-refractivity contribution in [2.24, 2.45) is 10.9 Å². The summed E-state index contributed by atoms with van der Waals surface area (Å²) in [6, 6.07) is 9.53. The number of hydrogen-bond donors (Lipinski definition) is 1. The van der Waals surface area contributed by atoms with Gasteiger partial charge in [-0.3, -0.25) is 4.98 Å². The number of halogens is 2. The van der Waals surface area contributed by atoms with Crippen molar-refractivity contribution in [3.05, 3.63) is 69.1 Å². The normalized spacial score (nSPS) is 18.2. The van der Waals surface area contributed by atoms with Crippen molar-refractivity contribution in [2.75, 3.05) is 13.8 Å². The molecule has 0 amide bonds. The van der Waals surface area contributed by atoms with E-state index >= 15 is 0 Å². The molecule has 1 unspecified atom stereocenters. The molecule has 5 nitrogen and oxygen atoms in total. The summed E-state index contributed by atoms with van der Waals surface area (Å²) in [5.41, 5.74) is 2.12. The highest BCUT2D eigenvalue weighted by molar-refractivity contribution is 8.03. The van der Waals surface area contributed by atoms with Crippen molar-refractivity contribution in [2.45, 2.75) is 25.3 Å². The van der Waals surface area contributed by atoms with Gasteiger partial charge in [0.2, 0.25) is 11.8 Å². The van der Waals surface area contributed by atoms with Gasteiger partial charge in [-0.05, 0) is 54.3 Å². The summed E-state index contributed by atoms with van der Waals surface area (Å²) >= 11 is 19.3. The first kappa shape index (κ1) is 23.0. The van der Waals surface area contributed by atoms with E-state index in [9.17, 15) is 0 Å². The molecule has 0 fully saturated rings. The summed E-state index contributed by atoms with van der Waals surface area (Å²) in [4.78, 5) is 9.87. The lowest BCUT2D eigenvalue weighted by Crippen LogP contribution is -2.45. The molecule has 1 aliphatic rings. The molecule has 0 bridgehead atoms. The van der Waals surface area contributed by atoms with Crippen LogP contribution in [-0.4, -0.2) is 34.8 Å². The molecule has 0 radical (unpaired) electrons. The zero-order valence-electron chi connectivity index (χ0n) is 16.9. The lowest BCUT2D eigenvalue weighted by Gasteiger charge is -2.32. The monoisotopic (exact) mass is 481 g/mol. The highest BCUT2D eigenvalue weighted by Crippen LogP contribution is 2.44. The number of hydrogen-bond acceptors (Lipinski definition) is 5. The second kappa shape index (κ2) is 10.1. The van der Waals surface area contributed by atoms with Crippen LogP contribution in [0.1, 0.15) is 19.4 Å². The third-order valence-electron chi connectivity index (χ3n) is 4.48. The first-order valence-electron chi connectivity index (χ1n) is 9.37. The fourth-order valence-corrected chi connectivity index (χ4v) is 5.10. The van der Waals surface area contributed by atoms with Crippen LogP contribution in [0.5, 0.6) is 0 Å². The Kier molecular flexibility index (Phi) is 7.76. The molecule has 30 heavy (non-hydrogen) atoms. The van der Waals surface area contributed by atoms with Crippen LogP contribution in [0.3, 0.4) is 0 Å². The van der Waals surface area contributed by atoms with Crippen molar-refractivity contribution in [1.29, 1.82) is 0 Å². The summed E-state index contributed by atoms with van der Waals surface area (Å²) in [6.07, 6.45) is 5.51. The smallest absolute Gasteiger partial charge is 0.260 e. The van der Waals surface area contributed by atoms with Gasteiger partial charge in [0.05, 0.1) is 0 Å². The minimum absolute atomic E-state index is 0.229. The maximum absolute atomic E-state index is 6.25. The van der Waals surface area contributed by atoms with Crippen molar-refractivity contribution in [3.8, 4) is 0 Å². The van der Waals surface area contributed by atoms with Crippen LogP contribution in [0.2, 0.25) is 10.0 Å². The second-order valence-corrected chi connectivity index (χ2v) is 9.46. The summed E-state index contributed by atoms with van der Waals surface area (Å²) in [5.74, 6) is 0.229. The molecule has 1 aliphatic heterocycles. The van der Waals surface area contributed by atoms with Crippen molar-refractivity contribution in [3.63, 3.8) is 0 Å².